The lowest BCUT2D eigenvalue weighted by molar-refractivity contribution is -0.133. The van der Waals surface area contributed by atoms with Crippen LogP contribution >= 0.6 is 0 Å². The Morgan fingerprint density at radius 1 is 1.18 bits per heavy atom. The molecule has 0 saturated heterocycles. The Morgan fingerprint density at radius 3 is 2.61 bits per heavy atom. The molecule has 0 spiro atoms. The zero-order valence-corrected chi connectivity index (χ0v) is 16.9. The van der Waals surface area contributed by atoms with Gasteiger partial charge in [-0.15, -0.1) is 0 Å². The van der Waals surface area contributed by atoms with E-state index in [1.165, 1.54) is 19.3 Å². The molecule has 2 aromatic rings. The largest absolute Gasteiger partial charge is 0.493 e. The lowest BCUT2D eigenvalue weighted by Crippen LogP contribution is -2.32. The van der Waals surface area contributed by atoms with Crippen molar-refractivity contribution in [1.29, 1.82) is 0 Å². The maximum Gasteiger partial charge on any atom is 0.246 e. The molecule has 0 atom stereocenters. The van der Waals surface area contributed by atoms with Crippen molar-refractivity contribution in [2.45, 2.75) is 52.0 Å². The second-order valence-corrected chi connectivity index (χ2v) is 7.20. The number of methoxy groups -OCH3 is 2. The summed E-state index contributed by atoms with van der Waals surface area (Å²) in [4.78, 5) is 18.9. The molecule has 1 heterocycles. The monoisotopic (exact) mass is 387 g/mol. The summed E-state index contributed by atoms with van der Waals surface area (Å²) in [6.07, 6.45) is 6.71. The number of benzene rings is 1. The summed E-state index contributed by atoms with van der Waals surface area (Å²) in [7, 11) is 3.17. The van der Waals surface area contributed by atoms with E-state index in [9.17, 15) is 4.79 Å². The van der Waals surface area contributed by atoms with Crippen LogP contribution in [0.4, 0.5) is 0 Å². The van der Waals surface area contributed by atoms with Crippen LogP contribution in [-0.2, 0) is 11.3 Å². The van der Waals surface area contributed by atoms with Gasteiger partial charge < -0.3 is 18.9 Å². The van der Waals surface area contributed by atoms with Gasteiger partial charge in [-0.05, 0) is 43.9 Å². The number of carbonyl (C=O) groups excluding carboxylic acids is 1. The van der Waals surface area contributed by atoms with Crippen molar-refractivity contribution in [3.8, 4) is 22.9 Å². The summed E-state index contributed by atoms with van der Waals surface area (Å²) < 4.78 is 16.0. The van der Waals surface area contributed by atoms with Gasteiger partial charge in [-0.2, -0.15) is 4.98 Å². The van der Waals surface area contributed by atoms with Gasteiger partial charge in [0.1, 0.15) is 0 Å². The minimum atomic E-state index is 0.167. The number of ether oxygens (including phenoxy) is 2. The third-order valence-electron chi connectivity index (χ3n) is 5.36. The standard InChI is InChI=1S/C21H29N3O4/c1-4-24(20(25)12-15-8-6-5-7-9-15)14-19-22-21(23-28-19)16-10-11-17(26-2)18(13-16)27-3/h10-11,13,15H,4-9,12,14H2,1-3H3. The first-order chi connectivity index (χ1) is 13.6. The van der Waals surface area contributed by atoms with Gasteiger partial charge in [0, 0.05) is 18.5 Å². The van der Waals surface area contributed by atoms with Gasteiger partial charge in [-0.25, -0.2) is 0 Å². The average Bonchev–Trinajstić information content (AvgIpc) is 3.20. The fourth-order valence-electron chi connectivity index (χ4n) is 3.72. The van der Waals surface area contributed by atoms with Gasteiger partial charge in [0.2, 0.25) is 17.6 Å². The van der Waals surface area contributed by atoms with Crippen molar-refractivity contribution in [3.63, 3.8) is 0 Å². The van der Waals surface area contributed by atoms with Crippen LogP contribution in [0.25, 0.3) is 11.4 Å². The lowest BCUT2D eigenvalue weighted by Gasteiger charge is -2.25. The van der Waals surface area contributed by atoms with Crippen molar-refractivity contribution >= 4 is 5.91 Å². The first kappa shape index (κ1) is 20.2. The molecule has 1 amide bonds. The van der Waals surface area contributed by atoms with Crippen molar-refractivity contribution in [1.82, 2.24) is 15.0 Å². The Balaban J connectivity index is 1.66. The van der Waals surface area contributed by atoms with Crippen LogP contribution in [0.2, 0.25) is 0 Å². The molecule has 0 aliphatic heterocycles. The van der Waals surface area contributed by atoms with E-state index in [0.717, 1.165) is 18.4 Å². The van der Waals surface area contributed by atoms with E-state index in [-0.39, 0.29) is 5.91 Å². The van der Waals surface area contributed by atoms with Crippen LogP contribution in [0.3, 0.4) is 0 Å². The summed E-state index contributed by atoms with van der Waals surface area (Å²) in [5.41, 5.74) is 0.768. The van der Waals surface area contributed by atoms with Gasteiger partial charge >= 0.3 is 0 Å². The second-order valence-electron chi connectivity index (χ2n) is 7.20. The topological polar surface area (TPSA) is 77.7 Å². The minimum Gasteiger partial charge on any atom is -0.493 e. The fourth-order valence-corrected chi connectivity index (χ4v) is 3.72. The van der Waals surface area contributed by atoms with Crippen molar-refractivity contribution in [3.05, 3.63) is 24.1 Å². The molecular formula is C21H29N3O4. The molecule has 152 valence electrons. The molecule has 1 fully saturated rings. The molecule has 3 rings (SSSR count). The van der Waals surface area contributed by atoms with Crippen LogP contribution < -0.4 is 9.47 Å². The molecule has 28 heavy (non-hydrogen) atoms. The molecule has 0 N–H and O–H groups in total. The van der Waals surface area contributed by atoms with E-state index < -0.39 is 0 Å². The molecular weight excluding hydrogens is 358 g/mol. The van der Waals surface area contributed by atoms with Crippen LogP contribution in [0.15, 0.2) is 22.7 Å². The highest BCUT2D eigenvalue weighted by Gasteiger charge is 2.22. The van der Waals surface area contributed by atoms with E-state index in [0.29, 0.717) is 48.6 Å². The highest BCUT2D eigenvalue weighted by Crippen LogP contribution is 2.31. The number of nitrogens with zero attached hydrogens (tertiary/aromatic N) is 3. The molecule has 7 nitrogen and oxygen atoms in total. The number of rotatable bonds is 8. The summed E-state index contributed by atoms with van der Waals surface area (Å²) in [5.74, 6) is 2.82. The Hall–Kier alpha value is -2.57. The third-order valence-corrected chi connectivity index (χ3v) is 5.36. The molecule has 1 saturated carbocycles. The number of amides is 1. The van der Waals surface area contributed by atoms with Gasteiger partial charge in [0.25, 0.3) is 0 Å². The molecule has 7 heteroatoms. The summed E-state index contributed by atoms with van der Waals surface area (Å²) >= 11 is 0. The molecule has 1 aromatic carbocycles. The van der Waals surface area contributed by atoms with Crippen LogP contribution in [-0.4, -0.2) is 41.7 Å². The molecule has 0 unspecified atom stereocenters. The first-order valence-corrected chi connectivity index (χ1v) is 9.97. The lowest BCUT2D eigenvalue weighted by atomic mass is 9.86. The maximum absolute atomic E-state index is 12.7. The predicted molar refractivity (Wildman–Crippen MR) is 105 cm³/mol. The highest BCUT2D eigenvalue weighted by molar-refractivity contribution is 5.76. The Kier molecular flexibility index (Phi) is 6.90. The minimum absolute atomic E-state index is 0.167. The normalized spacial score (nSPS) is 14.7. The quantitative estimate of drug-likeness (QED) is 0.679. The van der Waals surface area contributed by atoms with E-state index in [4.69, 9.17) is 14.0 Å². The summed E-state index contributed by atoms with van der Waals surface area (Å²) in [6, 6.07) is 5.46. The molecule has 0 bridgehead atoms. The van der Waals surface area contributed by atoms with Crippen LogP contribution in [0.5, 0.6) is 11.5 Å². The highest BCUT2D eigenvalue weighted by atomic mass is 16.5. The number of hydrogen-bond donors (Lipinski definition) is 0. The van der Waals surface area contributed by atoms with Crippen molar-refractivity contribution in [2.24, 2.45) is 5.92 Å². The predicted octanol–water partition coefficient (Wildman–Crippen LogP) is 4.07. The van der Waals surface area contributed by atoms with E-state index in [1.807, 2.05) is 13.0 Å². The smallest absolute Gasteiger partial charge is 0.246 e. The van der Waals surface area contributed by atoms with Crippen molar-refractivity contribution < 1.29 is 18.8 Å². The zero-order valence-electron chi connectivity index (χ0n) is 16.9. The average molecular weight is 387 g/mol. The zero-order chi connectivity index (χ0) is 19.9. The van der Waals surface area contributed by atoms with Crippen LogP contribution in [0, 0.1) is 5.92 Å². The first-order valence-electron chi connectivity index (χ1n) is 9.97. The Bertz CT molecular complexity index is 784. The summed E-state index contributed by atoms with van der Waals surface area (Å²) in [5, 5.41) is 4.06. The molecule has 1 aliphatic carbocycles. The number of hydrogen-bond acceptors (Lipinski definition) is 6. The van der Waals surface area contributed by atoms with Crippen LogP contribution in [0.1, 0.15) is 51.3 Å². The van der Waals surface area contributed by atoms with Gasteiger partial charge in [0.15, 0.2) is 11.5 Å². The van der Waals surface area contributed by atoms with E-state index in [2.05, 4.69) is 10.1 Å². The summed E-state index contributed by atoms with van der Waals surface area (Å²) in [6.45, 7) is 2.94. The fraction of sp³-hybridized carbons (Fsp3) is 0.571. The Labute approximate surface area is 166 Å². The second kappa shape index (κ2) is 9.57. The van der Waals surface area contributed by atoms with Gasteiger partial charge in [0.05, 0.1) is 20.8 Å². The SMILES string of the molecule is CCN(Cc1nc(-c2ccc(OC)c(OC)c2)no1)C(=O)CC1CCCCC1. The molecule has 1 aliphatic rings. The maximum atomic E-state index is 12.7. The molecule has 0 radical (unpaired) electrons. The van der Waals surface area contributed by atoms with Gasteiger partial charge in [-0.1, -0.05) is 24.4 Å². The third kappa shape index (κ3) is 4.82. The molecule has 1 aromatic heterocycles. The number of carbonyl (C=O) groups is 1. The van der Waals surface area contributed by atoms with E-state index >= 15 is 0 Å². The van der Waals surface area contributed by atoms with E-state index in [1.54, 1.807) is 31.3 Å². The Morgan fingerprint density at radius 2 is 1.93 bits per heavy atom. The number of aromatic nitrogens is 2. The van der Waals surface area contributed by atoms with Gasteiger partial charge in [-0.3, -0.25) is 4.79 Å². The van der Waals surface area contributed by atoms with Crippen molar-refractivity contribution in [2.75, 3.05) is 20.8 Å².